The molecule has 0 bridgehead atoms. The van der Waals surface area contributed by atoms with Crippen molar-refractivity contribution in [1.29, 1.82) is 0 Å². The summed E-state index contributed by atoms with van der Waals surface area (Å²) < 4.78 is 22.7. The highest BCUT2D eigenvalue weighted by Crippen LogP contribution is 2.14. The highest BCUT2D eigenvalue weighted by molar-refractivity contribution is 7.92. The molecule has 6 heteroatoms. The zero-order chi connectivity index (χ0) is 12.3. The number of halogens is 1. The maximum atomic E-state index is 11.4. The molecule has 1 aromatic carbocycles. The first-order valence-corrected chi connectivity index (χ1v) is 6.86. The summed E-state index contributed by atoms with van der Waals surface area (Å²) in [5.74, 6) is 0. The maximum Gasteiger partial charge on any atom is 0.155 e. The van der Waals surface area contributed by atoms with Crippen LogP contribution in [0.4, 0.5) is 0 Å². The zero-order valence-corrected chi connectivity index (χ0v) is 10.5. The monoisotopic (exact) mass is 261 g/mol. The van der Waals surface area contributed by atoms with E-state index >= 15 is 0 Å². The highest BCUT2D eigenvalue weighted by atomic mass is 35.5. The van der Waals surface area contributed by atoms with Gasteiger partial charge in [0.15, 0.2) is 9.84 Å². The minimum atomic E-state index is -3.30. The van der Waals surface area contributed by atoms with Crippen LogP contribution in [0.25, 0.3) is 0 Å². The molecule has 0 radical (unpaired) electrons. The normalized spacial score (nSPS) is 14.8. The van der Waals surface area contributed by atoms with Crippen LogP contribution in [-0.4, -0.2) is 30.8 Å². The second kappa shape index (κ2) is 4.84. The van der Waals surface area contributed by atoms with E-state index in [4.69, 9.17) is 16.8 Å². The Morgan fingerprint density at radius 1 is 1.38 bits per heavy atom. The van der Waals surface area contributed by atoms with Gasteiger partial charge in [-0.1, -0.05) is 28.9 Å². The van der Waals surface area contributed by atoms with Crippen molar-refractivity contribution in [3.63, 3.8) is 0 Å². The van der Waals surface area contributed by atoms with Crippen molar-refractivity contribution in [2.45, 2.75) is 12.2 Å². The Hall–Kier alpha value is -1.07. The first kappa shape index (κ1) is 13.0. The standard InChI is InChI=1S/C10H12ClNO3S/c1-7(16(2,14)15)10(12-13)8-3-5-9(11)6-4-8/h3-7,13H,1-2H3/b12-10+/t7-/m0/s1. The van der Waals surface area contributed by atoms with Gasteiger partial charge in [-0.2, -0.15) is 0 Å². The Labute approximate surface area is 99.5 Å². The van der Waals surface area contributed by atoms with Gasteiger partial charge < -0.3 is 5.21 Å². The molecule has 4 nitrogen and oxygen atoms in total. The molecule has 0 saturated carbocycles. The van der Waals surface area contributed by atoms with E-state index in [1.54, 1.807) is 24.3 Å². The van der Waals surface area contributed by atoms with E-state index in [9.17, 15) is 8.42 Å². The van der Waals surface area contributed by atoms with Gasteiger partial charge in [-0.05, 0) is 19.1 Å². The molecule has 0 saturated heterocycles. The van der Waals surface area contributed by atoms with Crippen LogP contribution in [0, 0.1) is 0 Å². The number of hydrogen-bond donors (Lipinski definition) is 1. The summed E-state index contributed by atoms with van der Waals surface area (Å²) in [6.45, 7) is 1.47. The largest absolute Gasteiger partial charge is 0.411 e. The quantitative estimate of drug-likeness (QED) is 0.514. The molecular formula is C10H12ClNO3S. The molecule has 1 atom stereocenters. The lowest BCUT2D eigenvalue weighted by Crippen LogP contribution is -2.27. The molecule has 88 valence electrons. The number of rotatable bonds is 3. The molecule has 0 aliphatic rings. The lowest BCUT2D eigenvalue weighted by atomic mass is 10.1. The lowest BCUT2D eigenvalue weighted by molar-refractivity contribution is 0.318. The van der Waals surface area contributed by atoms with Crippen molar-refractivity contribution < 1.29 is 13.6 Å². The third-order valence-electron chi connectivity index (χ3n) is 2.28. The van der Waals surface area contributed by atoms with E-state index in [0.29, 0.717) is 10.6 Å². The Kier molecular flexibility index (Phi) is 3.93. The Bertz CT molecular complexity index is 493. The van der Waals surface area contributed by atoms with Crippen molar-refractivity contribution in [3.8, 4) is 0 Å². The predicted molar refractivity (Wildman–Crippen MR) is 64.1 cm³/mol. The summed E-state index contributed by atoms with van der Waals surface area (Å²) in [6, 6.07) is 6.44. The van der Waals surface area contributed by atoms with Crippen molar-refractivity contribution >= 4 is 27.1 Å². The minimum Gasteiger partial charge on any atom is -0.411 e. The van der Waals surface area contributed by atoms with Gasteiger partial charge in [-0.3, -0.25) is 0 Å². The first-order chi connectivity index (χ1) is 7.36. The predicted octanol–water partition coefficient (Wildman–Crippen LogP) is 1.95. The van der Waals surface area contributed by atoms with E-state index in [1.807, 2.05) is 0 Å². The fraction of sp³-hybridized carbons (Fsp3) is 0.300. The molecule has 0 aliphatic heterocycles. The summed E-state index contributed by atoms with van der Waals surface area (Å²) in [7, 11) is -3.30. The van der Waals surface area contributed by atoms with Gasteiger partial charge in [0.25, 0.3) is 0 Å². The average Bonchev–Trinajstić information content (AvgIpc) is 2.20. The van der Waals surface area contributed by atoms with Crippen molar-refractivity contribution in [3.05, 3.63) is 34.9 Å². The summed E-state index contributed by atoms with van der Waals surface area (Å²) >= 11 is 5.71. The van der Waals surface area contributed by atoms with Gasteiger partial charge in [-0.25, -0.2) is 8.42 Å². The number of oxime groups is 1. The highest BCUT2D eigenvalue weighted by Gasteiger charge is 2.23. The first-order valence-electron chi connectivity index (χ1n) is 4.53. The van der Waals surface area contributed by atoms with E-state index in [2.05, 4.69) is 5.16 Å². The van der Waals surface area contributed by atoms with E-state index in [0.717, 1.165) is 6.26 Å². The zero-order valence-electron chi connectivity index (χ0n) is 8.88. The van der Waals surface area contributed by atoms with Gasteiger partial charge >= 0.3 is 0 Å². The van der Waals surface area contributed by atoms with Gasteiger partial charge in [0.1, 0.15) is 11.0 Å². The van der Waals surface area contributed by atoms with Crippen molar-refractivity contribution in [2.24, 2.45) is 5.16 Å². The third-order valence-corrected chi connectivity index (χ3v) is 4.03. The van der Waals surface area contributed by atoms with Crippen molar-refractivity contribution in [2.75, 3.05) is 6.26 Å². The van der Waals surface area contributed by atoms with E-state index in [1.165, 1.54) is 6.92 Å². The van der Waals surface area contributed by atoms with Crippen LogP contribution in [0.5, 0.6) is 0 Å². The Morgan fingerprint density at radius 3 is 2.25 bits per heavy atom. The van der Waals surface area contributed by atoms with E-state index < -0.39 is 15.1 Å². The molecule has 0 fully saturated rings. The van der Waals surface area contributed by atoms with Crippen LogP contribution in [0.15, 0.2) is 29.4 Å². The summed E-state index contributed by atoms with van der Waals surface area (Å²) in [6.07, 6.45) is 1.10. The van der Waals surface area contributed by atoms with Crippen LogP contribution in [0.1, 0.15) is 12.5 Å². The second-order valence-corrected chi connectivity index (χ2v) is 6.27. The number of hydrogen-bond acceptors (Lipinski definition) is 4. The summed E-state index contributed by atoms with van der Waals surface area (Å²) in [5, 5.41) is 11.6. The number of nitrogens with zero attached hydrogens (tertiary/aromatic N) is 1. The van der Waals surface area contributed by atoms with Crippen LogP contribution < -0.4 is 0 Å². The maximum absolute atomic E-state index is 11.4. The molecular weight excluding hydrogens is 250 g/mol. The molecule has 0 heterocycles. The molecule has 1 N–H and O–H groups in total. The second-order valence-electron chi connectivity index (χ2n) is 3.46. The topological polar surface area (TPSA) is 66.7 Å². The van der Waals surface area contributed by atoms with Crippen molar-refractivity contribution in [1.82, 2.24) is 0 Å². The molecule has 0 spiro atoms. The smallest absolute Gasteiger partial charge is 0.155 e. The van der Waals surface area contributed by atoms with Crippen LogP contribution in [0.2, 0.25) is 5.02 Å². The number of sulfone groups is 1. The van der Waals surface area contributed by atoms with E-state index in [-0.39, 0.29) is 5.71 Å². The van der Waals surface area contributed by atoms with Gasteiger partial charge in [0.05, 0.1) is 0 Å². The summed E-state index contributed by atoms with van der Waals surface area (Å²) in [5.41, 5.74) is 0.643. The Balaban J connectivity index is 3.15. The summed E-state index contributed by atoms with van der Waals surface area (Å²) in [4.78, 5) is 0. The Morgan fingerprint density at radius 2 is 1.88 bits per heavy atom. The molecule has 0 amide bonds. The van der Waals surface area contributed by atoms with Gasteiger partial charge in [0.2, 0.25) is 0 Å². The van der Waals surface area contributed by atoms with Gasteiger partial charge in [-0.15, -0.1) is 0 Å². The molecule has 0 unspecified atom stereocenters. The van der Waals surface area contributed by atoms with Gasteiger partial charge in [0, 0.05) is 16.8 Å². The molecule has 16 heavy (non-hydrogen) atoms. The SMILES string of the molecule is C[C@@H](/C(=N\O)c1ccc(Cl)cc1)S(C)(=O)=O. The molecule has 1 aromatic rings. The molecule has 1 rings (SSSR count). The minimum absolute atomic E-state index is 0.110. The molecule has 0 aromatic heterocycles. The fourth-order valence-electron chi connectivity index (χ4n) is 1.20. The average molecular weight is 262 g/mol. The fourth-order valence-corrected chi connectivity index (χ4v) is 1.91. The molecule has 0 aliphatic carbocycles. The lowest BCUT2D eigenvalue weighted by Gasteiger charge is -2.11. The van der Waals surface area contributed by atoms with Crippen LogP contribution >= 0.6 is 11.6 Å². The van der Waals surface area contributed by atoms with Crippen LogP contribution in [0.3, 0.4) is 0 Å². The third kappa shape index (κ3) is 2.96. The van der Waals surface area contributed by atoms with Crippen LogP contribution in [-0.2, 0) is 9.84 Å². The number of benzene rings is 1.